The molecule has 3 N–H and O–H groups in total. The van der Waals surface area contributed by atoms with E-state index in [2.05, 4.69) is 33.7 Å². The number of hydrogen-bond acceptors (Lipinski definition) is 9. The summed E-state index contributed by atoms with van der Waals surface area (Å²) in [5.41, 5.74) is -0.894. The third-order valence-corrected chi connectivity index (χ3v) is 7.37. The highest BCUT2D eigenvalue weighted by molar-refractivity contribution is 5.97. The van der Waals surface area contributed by atoms with Crippen molar-refractivity contribution in [3.8, 4) is 11.8 Å². The molecular weight excluding hydrogens is 474 g/mol. The Labute approximate surface area is 214 Å². The van der Waals surface area contributed by atoms with Crippen LogP contribution in [-0.2, 0) is 7.05 Å². The first kappa shape index (κ1) is 25.9. The number of pyridine rings is 1. The second-order valence-electron chi connectivity index (χ2n) is 10.3. The minimum atomic E-state index is -0.747. The molecule has 1 aliphatic carbocycles. The number of carbonyl (C=O) groups is 1. The predicted octanol–water partition coefficient (Wildman–Crippen LogP) is 2.95. The van der Waals surface area contributed by atoms with E-state index in [0.717, 1.165) is 25.7 Å². The molecule has 1 aromatic carbocycles. The van der Waals surface area contributed by atoms with Gasteiger partial charge < -0.3 is 20.6 Å². The van der Waals surface area contributed by atoms with E-state index in [-0.39, 0.29) is 34.2 Å². The lowest BCUT2D eigenvalue weighted by atomic mass is 9.78. The van der Waals surface area contributed by atoms with Gasteiger partial charge in [0.1, 0.15) is 23.1 Å². The van der Waals surface area contributed by atoms with Crippen LogP contribution in [0.5, 0.6) is 5.75 Å². The number of aromatic hydroxyl groups is 1. The molecule has 3 aromatic rings. The second kappa shape index (κ2) is 9.69. The zero-order chi connectivity index (χ0) is 27.1. The van der Waals surface area contributed by atoms with Gasteiger partial charge in [0.05, 0.1) is 17.3 Å². The van der Waals surface area contributed by atoms with Crippen molar-refractivity contribution in [3.05, 3.63) is 55.9 Å². The summed E-state index contributed by atoms with van der Waals surface area (Å²) in [6.07, 6.45) is 6.72. The monoisotopic (exact) mass is 505 g/mol. The SMILES string of the molecule is CC(C)N(C)C(=O)c1nccc(Nc2c(N[C@@H](c3nn(C)cc3C#N)C3(C)CCCC3)c(=O)c2=O)c1O. The molecule has 0 saturated heterocycles. The molecule has 4 rings (SSSR count). The third kappa shape index (κ3) is 4.55. The molecule has 0 bridgehead atoms. The van der Waals surface area contributed by atoms with E-state index in [1.54, 1.807) is 25.0 Å². The Morgan fingerprint density at radius 1 is 1.24 bits per heavy atom. The maximum atomic E-state index is 12.8. The van der Waals surface area contributed by atoms with Crippen molar-refractivity contribution >= 4 is 23.0 Å². The van der Waals surface area contributed by atoms with Gasteiger partial charge in [0.15, 0.2) is 11.4 Å². The molecule has 11 heteroatoms. The van der Waals surface area contributed by atoms with Crippen LogP contribution in [0.15, 0.2) is 28.0 Å². The summed E-state index contributed by atoms with van der Waals surface area (Å²) in [4.78, 5) is 43.5. The standard InChI is InChI=1S/C26H31N7O4/c1-14(2)33(5)25(37)20-21(34)16(8-11-28-20)29-18-19(23(36)22(18)35)30-24(26(3)9-6-7-10-26)17-15(12-27)13-32(4)31-17/h8,11,13-14,24,30,34H,6-7,9-10H2,1-5H3,(H,28,29)/t24-/m0/s1. The number of rotatable bonds is 8. The Morgan fingerprint density at radius 2 is 1.89 bits per heavy atom. The lowest BCUT2D eigenvalue weighted by molar-refractivity contribution is 0.0746. The first-order valence-electron chi connectivity index (χ1n) is 12.2. The van der Waals surface area contributed by atoms with E-state index in [9.17, 15) is 24.8 Å². The van der Waals surface area contributed by atoms with E-state index < -0.39 is 28.6 Å². The zero-order valence-electron chi connectivity index (χ0n) is 21.6. The Balaban J connectivity index is 1.70. The number of nitrogens with one attached hydrogen (secondary N) is 2. The average Bonchev–Trinajstić information content (AvgIpc) is 3.48. The summed E-state index contributed by atoms with van der Waals surface area (Å²) in [6.45, 7) is 5.75. The first-order chi connectivity index (χ1) is 17.5. The van der Waals surface area contributed by atoms with E-state index >= 15 is 0 Å². The van der Waals surface area contributed by atoms with Gasteiger partial charge in [-0.3, -0.25) is 19.1 Å². The van der Waals surface area contributed by atoms with Crippen molar-refractivity contribution < 1.29 is 9.90 Å². The molecule has 1 amide bonds. The molecule has 0 unspecified atom stereocenters. The normalized spacial score (nSPS) is 15.5. The van der Waals surface area contributed by atoms with Gasteiger partial charge in [-0.1, -0.05) is 19.8 Å². The van der Waals surface area contributed by atoms with E-state index in [1.165, 1.54) is 17.2 Å². The predicted molar refractivity (Wildman–Crippen MR) is 139 cm³/mol. The van der Waals surface area contributed by atoms with Gasteiger partial charge in [-0.25, -0.2) is 4.98 Å². The van der Waals surface area contributed by atoms with Gasteiger partial charge in [-0.15, -0.1) is 0 Å². The van der Waals surface area contributed by atoms with Gasteiger partial charge in [0.25, 0.3) is 16.8 Å². The number of amides is 1. The highest BCUT2D eigenvalue weighted by Crippen LogP contribution is 2.49. The topological polar surface area (TPSA) is 153 Å². The van der Waals surface area contributed by atoms with Crippen LogP contribution in [0.25, 0.3) is 0 Å². The molecule has 1 aliphatic rings. The van der Waals surface area contributed by atoms with Crippen LogP contribution in [0.4, 0.5) is 17.1 Å². The van der Waals surface area contributed by atoms with E-state index in [0.29, 0.717) is 11.3 Å². The molecule has 194 valence electrons. The molecule has 0 aliphatic heterocycles. The van der Waals surface area contributed by atoms with Crippen molar-refractivity contribution in [1.82, 2.24) is 19.7 Å². The molecule has 0 radical (unpaired) electrons. The van der Waals surface area contributed by atoms with Gasteiger partial charge in [0, 0.05) is 32.5 Å². The number of nitriles is 1. The molecule has 2 aromatic heterocycles. The van der Waals surface area contributed by atoms with Crippen LogP contribution >= 0.6 is 0 Å². The average molecular weight is 506 g/mol. The summed E-state index contributed by atoms with van der Waals surface area (Å²) >= 11 is 0. The fraction of sp³-hybridized carbons (Fsp3) is 0.462. The number of anilines is 3. The number of aryl methyl sites for hydroxylation is 1. The molecule has 2 heterocycles. The highest BCUT2D eigenvalue weighted by atomic mass is 16.3. The summed E-state index contributed by atoms with van der Waals surface area (Å²) in [6, 6.07) is 2.99. The maximum absolute atomic E-state index is 12.8. The molecular formula is C26H31N7O4. The number of hydrogen-bond donors (Lipinski definition) is 3. The van der Waals surface area contributed by atoms with Crippen molar-refractivity contribution in [3.63, 3.8) is 0 Å². The minimum absolute atomic E-state index is 0.0249. The summed E-state index contributed by atoms with van der Waals surface area (Å²) < 4.78 is 1.56. The van der Waals surface area contributed by atoms with Crippen molar-refractivity contribution in [2.24, 2.45) is 12.5 Å². The number of nitrogens with zero attached hydrogens (tertiary/aromatic N) is 5. The van der Waals surface area contributed by atoms with Gasteiger partial charge >= 0.3 is 0 Å². The van der Waals surface area contributed by atoms with Crippen LogP contribution < -0.4 is 21.5 Å². The Kier molecular flexibility index (Phi) is 6.78. The Bertz CT molecular complexity index is 1450. The molecule has 11 nitrogen and oxygen atoms in total. The largest absolute Gasteiger partial charge is 0.504 e. The van der Waals surface area contributed by atoms with Crippen molar-refractivity contribution in [2.75, 3.05) is 17.7 Å². The molecule has 37 heavy (non-hydrogen) atoms. The van der Waals surface area contributed by atoms with Crippen LogP contribution in [-0.4, -0.2) is 43.8 Å². The van der Waals surface area contributed by atoms with Crippen LogP contribution in [0.1, 0.15) is 74.2 Å². The van der Waals surface area contributed by atoms with E-state index in [4.69, 9.17) is 0 Å². The quantitative estimate of drug-likeness (QED) is 0.392. The lowest BCUT2D eigenvalue weighted by Gasteiger charge is -2.35. The van der Waals surface area contributed by atoms with E-state index in [1.807, 2.05) is 13.8 Å². The molecule has 0 spiro atoms. The van der Waals surface area contributed by atoms with Crippen molar-refractivity contribution in [1.29, 1.82) is 5.26 Å². The van der Waals surface area contributed by atoms with Crippen LogP contribution in [0.2, 0.25) is 0 Å². The second-order valence-corrected chi connectivity index (χ2v) is 10.3. The molecule has 1 fully saturated rings. The highest BCUT2D eigenvalue weighted by Gasteiger charge is 2.42. The van der Waals surface area contributed by atoms with Gasteiger partial charge in [-0.2, -0.15) is 10.4 Å². The summed E-state index contributed by atoms with van der Waals surface area (Å²) in [7, 11) is 3.33. The smallest absolute Gasteiger partial charge is 0.276 e. The summed E-state index contributed by atoms with van der Waals surface area (Å²) in [5, 5.41) is 31.0. The summed E-state index contributed by atoms with van der Waals surface area (Å²) in [5.74, 6) is -0.900. The minimum Gasteiger partial charge on any atom is -0.504 e. The third-order valence-electron chi connectivity index (χ3n) is 7.37. The van der Waals surface area contributed by atoms with Crippen molar-refractivity contribution in [2.45, 2.75) is 58.5 Å². The molecule has 1 atom stereocenters. The Hall–Kier alpha value is -4.20. The first-order valence-corrected chi connectivity index (χ1v) is 12.2. The molecule has 1 saturated carbocycles. The number of aromatic nitrogens is 3. The van der Waals surface area contributed by atoms with Crippen LogP contribution in [0.3, 0.4) is 0 Å². The maximum Gasteiger partial charge on any atom is 0.276 e. The lowest BCUT2D eigenvalue weighted by Crippen LogP contribution is -2.40. The fourth-order valence-electron chi connectivity index (χ4n) is 4.89. The zero-order valence-corrected chi connectivity index (χ0v) is 21.6. The number of carbonyl (C=O) groups excluding carboxylic acids is 1. The fourth-order valence-corrected chi connectivity index (χ4v) is 4.89. The van der Waals surface area contributed by atoms with Gasteiger partial charge in [0.2, 0.25) is 0 Å². The van der Waals surface area contributed by atoms with Gasteiger partial charge in [-0.05, 0) is 38.2 Å². The van der Waals surface area contributed by atoms with Crippen LogP contribution in [0, 0.1) is 16.7 Å². The Morgan fingerprint density at radius 3 is 2.51 bits per heavy atom.